The summed E-state index contributed by atoms with van der Waals surface area (Å²) in [4.78, 5) is 14.8. The van der Waals surface area contributed by atoms with E-state index >= 15 is 0 Å². The third kappa shape index (κ3) is 2.13. The molecule has 0 saturated carbocycles. The lowest BCUT2D eigenvalue weighted by molar-refractivity contribution is -0.384. The maximum atomic E-state index is 11.1. The van der Waals surface area contributed by atoms with Crippen LogP contribution in [-0.4, -0.2) is 9.91 Å². The van der Waals surface area contributed by atoms with E-state index in [9.17, 15) is 10.1 Å². The van der Waals surface area contributed by atoms with Crippen LogP contribution >= 0.6 is 11.3 Å². The van der Waals surface area contributed by atoms with Crippen LogP contribution in [0.1, 0.15) is 0 Å². The number of hydrogen-bond acceptors (Lipinski definition) is 5. The fourth-order valence-corrected chi connectivity index (χ4v) is 2.68. The Balaban J connectivity index is 2.16. The molecule has 1 N–H and O–H groups in total. The molecule has 6 heteroatoms. The average molecular weight is 271 g/mol. The number of rotatable bonds is 3. The van der Waals surface area contributed by atoms with Crippen LogP contribution in [0, 0.1) is 10.1 Å². The third-order valence-corrected chi connectivity index (χ3v) is 3.61. The first kappa shape index (κ1) is 11.6. The number of nitrogens with one attached hydrogen (secondary N) is 1. The fourth-order valence-electron chi connectivity index (χ4n) is 1.83. The van der Waals surface area contributed by atoms with Gasteiger partial charge >= 0.3 is 5.69 Å². The van der Waals surface area contributed by atoms with E-state index in [1.54, 1.807) is 0 Å². The summed E-state index contributed by atoms with van der Waals surface area (Å²) >= 11 is 1.44. The molecule has 3 aromatic rings. The molecule has 0 aliphatic heterocycles. The lowest BCUT2D eigenvalue weighted by Gasteiger charge is -2.07. The summed E-state index contributed by atoms with van der Waals surface area (Å²) < 4.78 is 0.790. The highest BCUT2D eigenvalue weighted by Gasteiger charge is 2.19. The van der Waals surface area contributed by atoms with Crippen LogP contribution in [-0.2, 0) is 0 Å². The number of anilines is 2. The van der Waals surface area contributed by atoms with Crippen molar-refractivity contribution in [2.45, 2.75) is 0 Å². The van der Waals surface area contributed by atoms with Crippen LogP contribution in [0.25, 0.3) is 10.2 Å². The molecule has 0 atom stereocenters. The summed E-state index contributed by atoms with van der Waals surface area (Å²) in [6.07, 6.45) is 1.29. The van der Waals surface area contributed by atoms with Crippen molar-refractivity contribution >= 4 is 38.6 Å². The van der Waals surface area contributed by atoms with Gasteiger partial charge in [0.2, 0.25) is 0 Å². The lowest BCUT2D eigenvalue weighted by Crippen LogP contribution is -1.98. The van der Waals surface area contributed by atoms with Gasteiger partial charge in [0.25, 0.3) is 0 Å². The van der Waals surface area contributed by atoms with Gasteiger partial charge in [-0.2, -0.15) is 0 Å². The zero-order valence-corrected chi connectivity index (χ0v) is 10.6. The molecule has 0 saturated heterocycles. The van der Waals surface area contributed by atoms with Gasteiger partial charge in [-0.1, -0.05) is 18.2 Å². The molecule has 2 heterocycles. The lowest BCUT2D eigenvalue weighted by atomic mass is 10.2. The zero-order valence-electron chi connectivity index (χ0n) is 9.74. The maximum absolute atomic E-state index is 11.1. The molecule has 0 spiro atoms. The molecule has 19 heavy (non-hydrogen) atoms. The smallest absolute Gasteiger partial charge is 0.312 e. The van der Waals surface area contributed by atoms with Gasteiger partial charge in [0.1, 0.15) is 11.9 Å². The standard InChI is InChI=1S/C13H9N3O2S/c17-16(18)11-8-14-10-6-7-19-13(10)12(11)15-9-4-2-1-3-5-9/h1-8H,(H,14,15). The SMILES string of the molecule is O=[N+]([O-])c1cnc2ccsc2c1Nc1ccccc1. The Kier molecular flexibility index (Phi) is 2.85. The highest BCUT2D eigenvalue weighted by molar-refractivity contribution is 7.17. The van der Waals surface area contributed by atoms with Crippen molar-refractivity contribution in [3.8, 4) is 0 Å². The molecule has 2 aromatic heterocycles. The topological polar surface area (TPSA) is 68.1 Å². The largest absolute Gasteiger partial charge is 0.349 e. The highest BCUT2D eigenvalue weighted by Crippen LogP contribution is 2.36. The third-order valence-electron chi connectivity index (χ3n) is 2.69. The summed E-state index contributed by atoms with van der Waals surface area (Å²) in [5.41, 5.74) is 2.05. The van der Waals surface area contributed by atoms with Gasteiger partial charge < -0.3 is 5.32 Å². The number of aromatic nitrogens is 1. The van der Waals surface area contributed by atoms with Crippen LogP contribution in [0.15, 0.2) is 48.0 Å². The average Bonchev–Trinajstić information content (AvgIpc) is 2.88. The highest BCUT2D eigenvalue weighted by atomic mass is 32.1. The second-order valence-electron chi connectivity index (χ2n) is 3.90. The Hall–Kier alpha value is -2.47. The molecule has 0 amide bonds. The molecular formula is C13H9N3O2S. The van der Waals surface area contributed by atoms with E-state index in [-0.39, 0.29) is 5.69 Å². The van der Waals surface area contributed by atoms with E-state index < -0.39 is 4.92 Å². The Labute approximate surface area is 112 Å². The normalized spacial score (nSPS) is 10.5. The minimum Gasteiger partial charge on any atom is -0.349 e. The number of nitrogens with zero attached hydrogens (tertiary/aromatic N) is 2. The van der Waals surface area contributed by atoms with Crippen molar-refractivity contribution in [1.29, 1.82) is 0 Å². The van der Waals surface area contributed by atoms with Crippen molar-refractivity contribution in [3.63, 3.8) is 0 Å². The molecule has 0 aliphatic carbocycles. The molecule has 0 radical (unpaired) electrons. The minimum absolute atomic E-state index is 0.0150. The molecule has 1 aromatic carbocycles. The first-order valence-electron chi connectivity index (χ1n) is 5.58. The molecule has 0 aliphatic rings. The molecule has 0 fully saturated rings. The van der Waals surface area contributed by atoms with Gasteiger partial charge in [-0.25, -0.2) is 4.98 Å². The number of nitro groups is 1. The number of thiophene rings is 1. The van der Waals surface area contributed by atoms with Crippen LogP contribution < -0.4 is 5.32 Å². The van der Waals surface area contributed by atoms with Crippen molar-refractivity contribution in [1.82, 2.24) is 4.98 Å². The summed E-state index contributed by atoms with van der Waals surface area (Å²) in [6.45, 7) is 0. The van der Waals surface area contributed by atoms with E-state index in [1.807, 2.05) is 41.8 Å². The van der Waals surface area contributed by atoms with Crippen molar-refractivity contribution in [3.05, 3.63) is 58.1 Å². The number of para-hydroxylation sites is 1. The van der Waals surface area contributed by atoms with Crippen LogP contribution in [0.5, 0.6) is 0 Å². The van der Waals surface area contributed by atoms with Crippen molar-refractivity contribution in [2.24, 2.45) is 0 Å². The Bertz CT molecular complexity index is 740. The van der Waals surface area contributed by atoms with E-state index in [4.69, 9.17) is 0 Å². The molecule has 3 rings (SSSR count). The summed E-state index contributed by atoms with van der Waals surface area (Å²) in [7, 11) is 0. The number of hydrogen-bond donors (Lipinski definition) is 1. The monoisotopic (exact) mass is 271 g/mol. The first-order chi connectivity index (χ1) is 9.25. The number of pyridine rings is 1. The van der Waals surface area contributed by atoms with Crippen LogP contribution in [0.2, 0.25) is 0 Å². The van der Waals surface area contributed by atoms with Gasteiger partial charge in [0.15, 0.2) is 0 Å². The fraction of sp³-hybridized carbons (Fsp3) is 0. The Morgan fingerprint density at radius 1 is 1.21 bits per heavy atom. The van der Waals surface area contributed by atoms with Gasteiger partial charge in [0, 0.05) is 5.69 Å². The second-order valence-corrected chi connectivity index (χ2v) is 4.82. The predicted molar refractivity (Wildman–Crippen MR) is 76.0 cm³/mol. The Morgan fingerprint density at radius 3 is 2.74 bits per heavy atom. The molecular weight excluding hydrogens is 262 g/mol. The first-order valence-corrected chi connectivity index (χ1v) is 6.46. The minimum atomic E-state index is -0.419. The predicted octanol–water partition coefficient (Wildman–Crippen LogP) is 3.95. The number of fused-ring (bicyclic) bond motifs is 1. The molecule has 0 unspecified atom stereocenters. The molecule has 5 nitrogen and oxygen atoms in total. The quantitative estimate of drug-likeness (QED) is 0.578. The molecule has 94 valence electrons. The van der Waals surface area contributed by atoms with Gasteiger partial charge in [-0.05, 0) is 23.6 Å². The van der Waals surface area contributed by atoms with E-state index in [0.717, 1.165) is 15.9 Å². The summed E-state index contributed by atoms with van der Waals surface area (Å²) in [5.74, 6) is 0. The van der Waals surface area contributed by atoms with Gasteiger partial charge in [-0.15, -0.1) is 11.3 Å². The van der Waals surface area contributed by atoms with Crippen molar-refractivity contribution < 1.29 is 4.92 Å². The van der Waals surface area contributed by atoms with Crippen LogP contribution in [0.4, 0.5) is 17.1 Å². The van der Waals surface area contributed by atoms with Gasteiger partial charge in [0.05, 0.1) is 15.1 Å². The number of benzene rings is 1. The van der Waals surface area contributed by atoms with Crippen LogP contribution in [0.3, 0.4) is 0 Å². The summed E-state index contributed by atoms with van der Waals surface area (Å²) in [6, 6.07) is 11.2. The van der Waals surface area contributed by atoms with Crippen molar-refractivity contribution in [2.75, 3.05) is 5.32 Å². The maximum Gasteiger partial charge on any atom is 0.312 e. The zero-order chi connectivity index (χ0) is 13.2. The second kappa shape index (κ2) is 4.66. The summed E-state index contributed by atoms with van der Waals surface area (Å²) in [5, 5.41) is 16.1. The van der Waals surface area contributed by atoms with E-state index in [1.165, 1.54) is 17.5 Å². The Morgan fingerprint density at radius 2 is 2.00 bits per heavy atom. The van der Waals surface area contributed by atoms with E-state index in [0.29, 0.717) is 5.69 Å². The van der Waals surface area contributed by atoms with E-state index in [2.05, 4.69) is 10.3 Å². The molecule has 0 bridgehead atoms. The van der Waals surface area contributed by atoms with Gasteiger partial charge in [-0.3, -0.25) is 10.1 Å².